The highest BCUT2D eigenvalue weighted by atomic mass is 16.7. The van der Waals surface area contributed by atoms with Gasteiger partial charge in [-0.1, -0.05) is 0 Å². The normalized spacial score (nSPS) is 24.2. The molecule has 2 aromatic heterocycles. The fourth-order valence-corrected chi connectivity index (χ4v) is 6.75. The van der Waals surface area contributed by atoms with Crippen LogP contribution in [0.4, 0.5) is 0 Å². The van der Waals surface area contributed by atoms with Crippen molar-refractivity contribution in [3.8, 4) is 22.8 Å². The number of furan rings is 1. The lowest BCUT2D eigenvalue weighted by Crippen LogP contribution is -2.46. The summed E-state index contributed by atoms with van der Waals surface area (Å²) in [6.07, 6.45) is 6.42. The number of hydrogen-bond acceptors (Lipinski definition) is 6. The number of pyridine rings is 1. The monoisotopic (exact) mass is 531 g/mol. The predicted octanol–water partition coefficient (Wildman–Crippen LogP) is 5.02. The smallest absolute Gasteiger partial charge is 0.254 e. The summed E-state index contributed by atoms with van der Waals surface area (Å²) in [5.74, 6) is 1.28. The van der Waals surface area contributed by atoms with Gasteiger partial charge in [0, 0.05) is 42.2 Å². The van der Waals surface area contributed by atoms with Gasteiger partial charge in [-0.15, -0.1) is 0 Å². The molecule has 0 bridgehead atoms. The standard InChI is InChI=1S/C31H37N3O5/c1-17-15-18(2)33-29(35)23(17)16-34-13-12-22-25(30(34)36)19(3)27-28(26(22)24-7-6-14-37-24)39-31(4,38-27)20-8-10-21(32-5)11-9-20/h6-7,14-15,20-21,32H,8-13,16H2,1-5H3,(H,33,35)/t20-,21-,31-/m0/s1. The van der Waals surface area contributed by atoms with Gasteiger partial charge in [-0.3, -0.25) is 9.59 Å². The summed E-state index contributed by atoms with van der Waals surface area (Å²) in [6, 6.07) is 6.23. The number of hydrogen-bond donors (Lipinski definition) is 2. The lowest BCUT2D eigenvalue weighted by atomic mass is 9.81. The summed E-state index contributed by atoms with van der Waals surface area (Å²) < 4.78 is 19.3. The number of aromatic amines is 1. The first-order valence-corrected chi connectivity index (χ1v) is 14.0. The van der Waals surface area contributed by atoms with E-state index in [2.05, 4.69) is 10.3 Å². The van der Waals surface area contributed by atoms with Crippen LogP contribution in [0.1, 0.15) is 70.9 Å². The number of amides is 1. The van der Waals surface area contributed by atoms with E-state index < -0.39 is 5.79 Å². The molecule has 0 spiro atoms. The highest BCUT2D eigenvalue weighted by molar-refractivity contribution is 6.02. The molecule has 1 saturated carbocycles. The summed E-state index contributed by atoms with van der Waals surface area (Å²) >= 11 is 0. The van der Waals surface area contributed by atoms with Crippen LogP contribution in [-0.2, 0) is 13.0 Å². The molecule has 3 aromatic rings. The zero-order valence-electron chi connectivity index (χ0n) is 23.4. The van der Waals surface area contributed by atoms with Crippen molar-refractivity contribution >= 4 is 5.91 Å². The number of carbonyl (C=O) groups excluding carboxylic acids is 1. The van der Waals surface area contributed by atoms with E-state index in [1.807, 2.05) is 52.9 Å². The van der Waals surface area contributed by atoms with Crippen molar-refractivity contribution in [2.45, 2.75) is 78.2 Å². The average Bonchev–Trinajstić information content (AvgIpc) is 3.56. The fourth-order valence-electron chi connectivity index (χ4n) is 6.75. The SMILES string of the molecule is CN[C@H]1CC[C@H]([C@@]2(C)Oc3c(C)c4c(c(-c5ccco5)c3O2)CCN(Cc2c(C)cc(C)[nH]c2=O)C4=O)CC1. The molecule has 206 valence electrons. The molecule has 1 aliphatic carbocycles. The highest BCUT2D eigenvalue weighted by Crippen LogP contribution is 2.55. The summed E-state index contributed by atoms with van der Waals surface area (Å²) in [6.45, 7) is 8.52. The molecule has 8 nitrogen and oxygen atoms in total. The van der Waals surface area contributed by atoms with E-state index in [1.165, 1.54) is 0 Å². The molecule has 1 fully saturated rings. The maximum atomic E-state index is 14.1. The molecule has 4 heterocycles. The number of aromatic nitrogens is 1. The second-order valence-corrected chi connectivity index (χ2v) is 11.5. The van der Waals surface area contributed by atoms with Crippen LogP contribution in [-0.4, -0.2) is 41.2 Å². The Morgan fingerprint density at radius 1 is 1.08 bits per heavy atom. The van der Waals surface area contributed by atoms with Crippen LogP contribution in [0.2, 0.25) is 0 Å². The molecule has 6 rings (SSSR count). The summed E-state index contributed by atoms with van der Waals surface area (Å²) in [7, 11) is 2.02. The molecule has 39 heavy (non-hydrogen) atoms. The van der Waals surface area contributed by atoms with E-state index in [-0.39, 0.29) is 23.9 Å². The molecular formula is C31H37N3O5. The van der Waals surface area contributed by atoms with Crippen LogP contribution in [0.3, 0.4) is 0 Å². The molecular weight excluding hydrogens is 494 g/mol. The van der Waals surface area contributed by atoms with E-state index in [0.717, 1.165) is 53.6 Å². The molecule has 2 N–H and O–H groups in total. The summed E-state index contributed by atoms with van der Waals surface area (Å²) in [5, 5.41) is 3.40. The Kier molecular flexibility index (Phi) is 6.33. The van der Waals surface area contributed by atoms with Crippen LogP contribution >= 0.6 is 0 Å². The minimum absolute atomic E-state index is 0.101. The number of nitrogens with one attached hydrogen (secondary N) is 2. The molecule has 1 amide bonds. The van der Waals surface area contributed by atoms with Crippen LogP contribution in [0.25, 0.3) is 11.3 Å². The van der Waals surface area contributed by atoms with Crippen LogP contribution in [0.5, 0.6) is 11.5 Å². The van der Waals surface area contributed by atoms with Crippen molar-refractivity contribution in [1.29, 1.82) is 0 Å². The topological polar surface area (TPSA) is 96.8 Å². The van der Waals surface area contributed by atoms with Crippen molar-refractivity contribution in [3.05, 3.63) is 68.3 Å². The van der Waals surface area contributed by atoms with Crippen molar-refractivity contribution in [2.75, 3.05) is 13.6 Å². The minimum Gasteiger partial charge on any atom is -0.464 e. The molecule has 1 atom stereocenters. The number of rotatable bonds is 5. The number of ether oxygens (including phenoxy) is 2. The number of nitrogens with zero attached hydrogens (tertiary/aromatic N) is 1. The van der Waals surface area contributed by atoms with Gasteiger partial charge in [0.1, 0.15) is 5.76 Å². The van der Waals surface area contributed by atoms with Crippen LogP contribution < -0.4 is 20.3 Å². The Morgan fingerprint density at radius 2 is 1.82 bits per heavy atom. The van der Waals surface area contributed by atoms with Crippen molar-refractivity contribution in [2.24, 2.45) is 5.92 Å². The molecule has 0 unspecified atom stereocenters. The van der Waals surface area contributed by atoms with Crippen LogP contribution in [0.15, 0.2) is 33.7 Å². The third-order valence-electron chi connectivity index (χ3n) is 8.98. The molecule has 1 aromatic carbocycles. The maximum absolute atomic E-state index is 14.1. The Morgan fingerprint density at radius 3 is 2.49 bits per heavy atom. The Bertz CT molecular complexity index is 1480. The molecule has 0 saturated heterocycles. The van der Waals surface area contributed by atoms with Gasteiger partial charge in [0.25, 0.3) is 17.3 Å². The summed E-state index contributed by atoms with van der Waals surface area (Å²) in [5.41, 5.74) is 5.30. The Balaban J connectivity index is 1.40. The zero-order chi connectivity index (χ0) is 27.5. The van der Waals surface area contributed by atoms with Gasteiger partial charge in [-0.2, -0.15) is 0 Å². The highest BCUT2D eigenvalue weighted by Gasteiger charge is 2.49. The maximum Gasteiger partial charge on any atom is 0.254 e. The number of carbonyl (C=O) groups is 1. The van der Waals surface area contributed by atoms with E-state index in [0.29, 0.717) is 47.4 Å². The van der Waals surface area contributed by atoms with Gasteiger partial charge in [-0.25, -0.2) is 0 Å². The van der Waals surface area contributed by atoms with E-state index >= 15 is 0 Å². The van der Waals surface area contributed by atoms with Gasteiger partial charge < -0.3 is 29.1 Å². The van der Waals surface area contributed by atoms with E-state index in [1.54, 1.807) is 11.2 Å². The Labute approximate surface area is 228 Å². The third-order valence-corrected chi connectivity index (χ3v) is 8.98. The number of aryl methyl sites for hydroxylation is 2. The molecule has 0 radical (unpaired) electrons. The minimum atomic E-state index is -0.813. The predicted molar refractivity (Wildman–Crippen MR) is 148 cm³/mol. The van der Waals surface area contributed by atoms with Gasteiger partial charge in [-0.05, 0) is 89.2 Å². The third kappa shape index (κ3) is 4.25. The van der Waals surface area contributed by atoms with Crippen molar-refractivity contribution in [3.63, 3.8) is 0 Å². The first-order valence-electron chi connectivity index (χ1n) is 14.0. The van der Waals surface area contributed by atoms with Gasteiger partial charge >= 0.3 is 0 Å². The number of H-pyrrole nitrogens is 1. The second-order valence-electron chi connectivity index (χ2n) is 11.5. The van der Waals surface area contributed by atoms with E-state index in [4.69, 9.17) is 13.9 Å². The number of benzene rings is 1. The van der Waals surface area contributed by atoms with Gasteiger partial charge in [0.05, 0.1) is 23.9 Å². The molecule has 8 heteroatoms. The van der Waals surface area contributed by atoms with Crippen molar-refractivity contribution < 1.29 is 18.7 Å². The second kappa shape index (κ2) is 9.59. The zero-order valence-corrected chi connectivity index (χ0v) is 23.4. The first-order chi connectivity index (χ1) is 18.7. The van der Waals surface area contributed by atoms with Crippen molar-refractivity contribution in [1.82, 2.24) is 15.2 Å². The summed E-state index contributed by atoms with van der Waals surface area (Å²) in [4.78, 5) is 31.4. The van der Waals surface area contributed by atoms with Crippen LogP contribution in [0, 0.1) is 26.7 Å². The first kappa shape index (κ1) is 25.7. The quantitative estimate of drug-likeness (QED) is 0.480. The van der Waals surface area contributed by atoms with Gasteiger partial charge in [0.2, 0.25) is 0 Å². The van der Waals surface area contributed by atoms with Gasteiger partial charge in [0.15, 0.2) is 11.5 Å². The fraction of sp³-hybridized carbons (Fsp3) is 0.484. The Hall–Kier alpha value is -3.52. The largest absolute Gasteiger partial charge is 0.464 e. The lowest BCUT2D eigenvalue weighted by molar-refractivity contribution is -0.121. The molecule has 2 aliphatic heterocycles. The molecule has 3 aliphatic rings. The average molecular weight is 532 g/mol. The lowest BCUT2D eigenvalue weighted by Gasteiger charge is -2.37. The number of fused-ring (bicyclic) bond motifs is 2. The van der Waals surface area contributed by atoms with E-state index in [9.17, 15) is 9.59 Å².